The lowest BCUT2D eigenvalue weighted by Crippen LogP contribution is -2.34. The summed E-state index contributed by atoms with van der Waals surface area (Å²) < 4.78 is 5.75. The molecule has 0 bridgehead atoms. The Hall–Kier alpha value is -1.18. The molecule has 0 radical (unpaired) electrons. The van der Waals surface area contributed by atoms with Gasteiger partial charge >= 0.3 is 0 Å². The van der Waals surface area contributed by atoms with E-state index in [9.17, 15) is 0 Å². The van der Waals surface area contributed by atoms with E-state index in [-0.39, 0.29) is 0 Å². The molecule has 6 nitrogen and oxygen atoms in total. The third-order valence-corrected chi connectivity index (χ3v) is 4.61. The van der Waals surface area contributed by atoms with Gasteiger partial charge < -0.3 is 31.7 Å². The van der Waals surface area contributed by atoms with Gasteiger partial charge in [0.15, 0.2) is 0 Å². The molecule has 0 heterocycles. The summed E-state index contributed by atoms with van der Waals surface area (Å²) in [6, 6.07) is 9.10. The number of nitrogens with one attached hydrogen (secondary N) is 4. The molecular formula is C21H41N5O. The van der Waals surface area contributed by atoms with E-state index in [1.807, 2.05) is 31.3 Å². The smallest absolute Gasteiger partial charge is 0.119 e. The minimum absolute atomic E-state index is 0.534. The summed E-state index contributed by atoms with van der Waals surface area (Å²) in [6.07, 6.45) is 3.55. The summed E-state index contributed by atoms with van der Waals surface area (Å²) in [4.78, 5) is 0. The zero-order valence-corrected chi connectivity index (χ0v) is 17.5. The molecule has 0 spiro atoms. The van der Waals surface area contributed by atoms with Crippen LogP contribution in [0.2, 0.25) is 0 Å². The fourth-order valence-electron chi connectivity index (χ4n) is 2.85. The molecule has 1 aromatic rings. The zero-order valence-electron chi connectivity index (χ0n) is 17.5. The summed E-state index contributed by atoms with van der Waals surface area (Å²) in [7, 11) is 1.99. The second-order valence-corrected chi connectivity index (χ2v) is 7.19. The Morgan fingerprint density at radius 1 is 0.963 bits per heavy atom. The molecule has 0 saturated heterocycles. The molecule has 0 saturated carbocycles. The van der Waals surface area contributed by atoms with Crippen molar-refractivity contribution in [3.05, 3.63) is 29.8 Å². The van der Waals surface area contributed by atoms with E-state index in [1.165, 1.54) is 12.8 Å². The van der Waals surface area contributed by atoms with E-state index >= 15 is 0 Å². The van der Waals surface area contributed by atoms with Crippen molar-refractivity contribution in [3.8, 4) is 5.75 Å². The molecule has 0 aliphatic carbocycles. The molecule has 156 valence electrons. The quantitative estimate of drug-likeness (QED) is 0.264. The zero-order chi connectivity index (χ0) is 19.7. The van der Waals surface area contributed by atoms with Crippen LogP contribution in [0.3, 0.4) is 0 Å². The second-order valence-electron chi connectivity index (χ2n) is 7.19. The average molecular weight is 380 g/mol. The third-order valence-electron chi connectivity index (χ3n) is 4.61. The van der Waals surface area contributed by atoms with E-state index in [0.29, 0.717) is 25.2 Å². The summed E-state index contributed by atoms with van der Waals surface area (Å²) in [6.45, 7) is 10.7. The fourth-order valence-corrected chi connectivity index (χ4v) is 2.85. The second kappa shape index (κ2) is 15.8. The normalized spacial score (nSPS) is 13.5. The molecule has 0 aromatic heterocycles. The van der Waals surface area contributed by atoms with E-state index in [0.717, 1.165) is 50.5 Å². The highest BCUT2D eigenvalue weighted by Crippen LogP contribution is 2.12. The van der Waals surface area contributed by atoms with Crippen molar-refractivity contribution in [1.29, 1.82) is 0 Å². The number of nitrogens with two attached hydrogens (primary N) is 1. The Morgan fingerprint density at radius 2 is 1.74 bits per heavy atom. The molecule has 0 amide bonds. The monoisotopic (exact) mass is 379 g/mol. The Labute approximate surface area is 166 Å². The molecule has 0 fully saturated rings. The predicted octanol–water partition coefficient (Wildman–Crippen LogP) is 1.46. The van der Waals surface area contributed by atoms with E-state index in [4.69, 9.17) is 10.5 Å². The number of benzene rings is 1. The summed E-state index contributed by atoms with van der Waals surface area (Å²) in [5.74, 6) is 0.893. The molecule has 6 heteroatoms. The molecule has 0 aliphatic rings. The fraction of sp³-hybridized carbons (Fsp3) is 0.714. The van der Waals surface area contributed by atoms with Gasteiger partial charge in [0, 0.05) is 38.3 Å². The van der Waals surface area contributed by atoms with Crippen LogP contribution >= 0.6 is 0 Å². The molecule has 1 aromatic carbocycles. The van der Waals surface area contributed by atoms with Crippen LogP contribution in [0.4, 0.5) is 0 Å². The van der Waals surface area contributed by atoms with Crippen LogP contribution in [0.5, 0.6) is 5.75 Å². The van der Waals surface area contributed by atoms with Gasteiger partial charge in [0.25, 0.3) is 0 Å². The molecule has 6 N–H and O–H groups in total. The number of rotatable bonds is 17. The molecule has 1 rings (SSSR count). The van der Waals surface area contributed by atoms with Gasteiger partial charge in [-0.25, -0.2) is 0 Å². The first-order valence-electron chi connectivity index (χ1n) is 10.4. The first kappa shape index (κ1) is 23.9. The van der Waals surface area contributed by atoms with Crippen LogP contribution in [-0.4, -0.2) is 58.5 Å². The van der Waals surface area contributed by atoms with Crippen molar-refractivity contribution in [3.63, 3.8) is 0 Å². The number of hydrogen-bond acceptors (Lipinski definition) is 6. The van der Waals surface area contributed by atoms with Crippen molar-refractivity contribution in [2.45, 2.75) is 51.7 Å². The minimum atomic E-state index is 0.534. The number of hydrogen-bond donors (Lipinski definition) is 5. The van der Waals surface area contributed by atoms with Crippen molar-refractivity contribution in [2.75, 3.05) is 46.4 Å². The Bertz CT molecular complexity index is 472. The maximum Gasteiger partial charge on any atom is 0.119 e. The maximum atomic E-state index is 5.75. The van der Waals surface area contributed by atoms with Gasteiger partial charge in [-0.2, -0.15) is 0 Å². The Morgan fingerprint density at radius 3 is 2.52 bits per heavy atom. The lowest BCUT2D eigenvalue weighted by molar-refractivity contribution is 0.312. The van der Waals surface area contributed by atoms with E-state index in [1.54, 1.807) is 0 Å². The van der Waals surface area contributed by atoms with Crippen molar-refractivity contribution < 1.29 is 4.74 Å². The van der Waals surface area contributed by atoms with Gasteiger partial charge in [0.05, 0.1) is 0 Å². The highest BCUT2D eigenvalue weighted by Gasteiger charge is 2.03. The molecular weight excluding hydrogens is 338 g/mol. The van der Waals surface area contributed by atoms with Gasteiger partial charge in [-0.3, -0.25) is 0 Å². The topological polar surface area (TPSA) is 83.4 Å². The molecule has 2 unspecified atom stereocenters. The van der Waals surface area contributed by atoms with Crippen LogP contribution in [0.25, 0.3) is 0 Å². The maximum absolute atomic E-state index is 5.75. The van der Waals surface area contributed by atoms with Crippen LogP contribution in [0, 0.1) is 0 Å². The molecule has 2 atom stereocenters. The van der Waals surface area contributed by atoms with Gasteiger partial charge in [-0.05, 0) is 70.9 Å². The SMILES string of the molecule is CNCCNC(C)CCCNC(C)CCNCCOc1cccc(CN)c1. The minimum Gasteiger partial charge on any atom is -0.492 e. The summed E-state index contributed by atoms with van der Waals surface area (Å²) >= 11 is 0. The van der Waals surface area contributed by atoms with Gasteiger partial charge in [-0.15, -0.1) is 0 Å². The molecule has 27 heavy (non-hydrogen) atoms. The van der Waals surface area contributed by atoms with Gasteiger partial charge in [-0.1, -0.05) is 12.1 Å². The van der Waals surface area contributed by atoms with Gasteiger partial charge in [0.1, 0.15) is 12.4 Å². The van der Waals surface area contributed by atoms with Gasteiger partial charge in [0.2, 0.25) is 0 Å². The van der Waals surface area contributed by atoms with Crippen LogP contribution in [0.15, 0.2) is 24.3 Å². The standard InChI is InChI=1S/C21H41N5O/c1-18(26-13-12-23-3)6-5-10-25-19(2)9-11-24-14-15-27-21-8-4-7-20(16-21)17-22/h4,7-8,16,18-19,23-26H,5-6,9-15,17,22H2,1-3H3. The van der Waals surface area contributed by atoms with Crippen LogP contribution < -0.4 is 31.7 Å². The first-order valence-corrected chi connectivity index (χ1v) is 10.4. The third kappa shape index (κ3) is 12.8. The Balaban J connectivity index is 1.94. The summed E-state index contributed by atoms with van der Waals surface area (Å²) in [5, 5.41) is 13.7. The number of ether oxygens (including phenoxy) is 1. The first-order chi connectivity index (χ1) is 13.2. The molecule has 0 aliphatic heterocycles. The lowest BCUT2D eigenvalue weighted by Gasteiger charge is -2.16. The largest absolute Gasteiger partial charge is 0.492 e. The van der Waals surface area contributed by atoms with Crippen LogP contribution in [-0.2, 0) is 6.54 Å². The van der Waals surface area contributed by atoms with Crippen LogP contribution in [0.1, 0.15) is 38.7 Å². The number of likely N-dealkylation sites (N-methyl/N-ethyl adjacent to an activating group) is 1. The van der Waals surface area contributed by atoms with E-state index in [2.05, 4.69) is 35.1 Å². The van der Waals surface area contributed by atoms with Crippen molar-refractivity contribution >= 4 is 0 Å². The lowest BCUT2D eigenvalue weighted by atomic mass is 10.1. The predicted molar refractivity (Wildman–Crippen MR) is 115 cm³/mol. The summed E-state index contributed by atoms with van der Waals surface area (Å²) in [5.41, 5.74) is 6.75. The highest BCUT2D eigenvalue weighted by atomic mass is 16.5. The average Bonchev–Trinajstić information content (AvgIpc) is 2.68. The highest BCUT2D eigenvalue weighted by molar-refractivity contribution is 5.28. The van der Waals surface area contributed by atoms with Crippen molar-refractivity contribution in [1.82, 2.24) is 21.3 Å². The Kier molecular flexibility index (Phi) is 14.0. The van der Waals surface area contributed by atoms with E-state index < -0.39 is 0 Å². The van der Waals surface area contributed by atoms with Crippen molar-refractivity contribution in [2.24, 2.45) is 5.73 Å².